The van der Waals surface area contributed by atoms with Gasteiger partial charge in [-0.25, -0.2) is 9.37 Å². The monoisotopic (exact) mass is 301 g/mol. The fourth-order valence-electron chi connectivity index (χ4n) is 1.13. The van der Waals surface area contributed by atoms with E-state index in [0.717, 1.165) is 0 Å². The van der Waals surface area contributed by atoms with E-state index < -0.39 is 0 Å². The summed E-state index contributed by atoms with van der Waals surface area (Å²) in [5.41, 5.74) is 0. The summed E-state index contributed by atoms with van der Waals surface area (Å²) in [5, 5.41) is 0.343. The molecule has 1 aromatic heterocycles. The molecule has 0 amide bonds. The van der Waals surface area contributed by atoms with Crippen molar-refractivity contribution in [2.45, 2.75) is 0 Å². The summed E-state index contributed by atoms with van der Waals surface area (Å²) in [6, 6.07) is 7.44. The molecule has 0 spiro atoms. The van der Waals surface area contributed by atoms with E-state index >= 15 is 0 Å². The maximum Gasteiger partial charge on any atom is 0.141 e. The van der Waals surface area contributed by atoms with Crippen LogP contribution in [0, 0.1) is 5.82 Å². The van der Waals surface area contributed by atoms with Crippen LogP contribution in [0.15, 0.2) is 41.0 Å². The third kappa shape index (κ3) is 2.71. The normalized spacial score (nSPS) is 10.2. The highest BCUT2D eigenvalue weighted by atomic mass is 79.9. The molecule has 5 heteroatoms. The van der Waals surface area contributed by atoms with Crippen LogP contribution in [0.5, 0.6) is 11.5 Å². The molecule has 0 radical (unpaired) electrons. The lowest BCUT2D eigenvalue weighted by Crippen LogP contribution is -1.87. The average Bonchev–Trinajstić information content (AvgIpc) is 2.22. The van der Waals surface area contributed by atoms with Gasteiger partial charge in [-0.1, -0.05) is 11.6 Å². The van der Waals surface area contributed by atoms with Crippen molar-refractivity contribution in [2.75, 3.05) is 0 Å². The Hall–Kier alpha value is -1.13. The lowest BCUT2D eigenvalue weighted by molar-refractivity contribution is 0.476. The second-order valence-corrected chi connectivity index (χ2v) is 4.23. The Morgan fingerprint density at radius 1 is 1.25 bits per heavy atom. The number of halogens is 3. The minimum atomic E-state index is -0.327. The number of hydrogen-bond acceptors (Lipinski definition) is 2. The first-order valence-corrected chi connectivity index (χ1v) is 5.57. The van der Waals surface area contributed by atoms with E-state index in [9.17, 15) is 4.39 Å². The molecule has 82 valence electrons. The number of benzene rings is 1. The molecule has 2 nitrogen and oxygen atoms in total. The SMILES string of the molecule is Fc1ccc(Oc2ccnc(Cl)c2)c(Br)c1. The van der Waals surface area contributed by atoms with Crippen molar-refractivity contribution in [1.29, 1.82) is 0 Å². The number of pyridine rings is 1. The van der Waals surface area contributed by atoms with Gasteiger partial charge in [0.2, 0.25) is 0 Å². The first kappa shape index (κ1) is 11.4. The highest BCUT2D eigenvalue weighted by Gasteiger charge is 2.04. The third-order valence-corrected chi connectivity index (χ3v) is 2.65. The maximum absolute atomic E-state index is 12.8. The van der Waals surface area contributed by atoms with Crippen LogP contribution in [0.2, 0.25) is 5.15 Å². The van der Waals surface area contributed by atoms with Crippen LogP contribution in [0.3, 0.4) is 0 Å². The highest BCUT2D eigenvalue weighted by Crippen LogP contribution is 2.30. The number of hydrogen-bond donors (Lipinski definition) is 0. The molecule has 16 heavy (non-hydrogen) atoms. The largest absolute Gasteiger partial charge is 0.456 e. The molecule has 2 aromatic rings. The number of nitrogens with zero attached hydrogens (tertiary/aromatic N) is 1. The average molecular weight is 303 g/mol. The first-order valence-electron chi connectivity index (χ1n) is 4.39. The summed E-state index contributed by atoms with van der Waals surface area (Å²) >= 11 is 8.92. The van der Waals surface area contributed by atoms with Crippen molar-refractivity contribution >= 4 is 27.5 Å². The number of rotatable bonds is 2. The summed E-state index contributed by atoms with van der Waals surface area (Å²) in [6.45, 7) is 0. The summed E-state index contributed by atoms with van der Waals surface area (Å²) in [7, 11) is 0. The highest BCUT2D eigenvalue weighted by molar-refractivity contribution is 9.10. The molecule has 1 heterocycles. The molecule has 0 N–H and O–H groups in total. The quantitative estimate of drug-likeness (QED) is 0.766. The Morgan fingerprint density at radius 3 is 2.75 bits per heavy atom. The number of aromatic nitrogens is 1. The summed E-state index contributed by atoms with van der Waals surface area (Å²) in [5.74, 6) is 0.739. The van der Waals surface area contributed by atoms with Crippen molar-refractivity contribution in [2.24, 2.45) is 0 Å². The molecule has 0 aliphatic rings. The topological polar surface area (TPSA) is 22.1 Å². The molecule has 0 saturated heterocycles. The Balaban J connectivity index is 2.27. The standard InChI is InChI=1S/C11H6BrClFNO/c12-9-5-7(14)1-2-10(9)16-8-3-4-15-11(13)6-8/h1-6H. The second kappa shape index (κ2) is 4.80. The van der Waals surface area contributed by atoms with Crippen molar-refractivity contribution in [3.8, 4) is 11.5 Å². The molecular formula is C11H6BrClFNO. The van der Waals surface area contributed by atoms with E-state index in [2.05, 4.69) is 20.9 Å². The summed E-state index contributed by atoms with van der Waals surface area (Å²) < 4.78 is 18.9. The predicted octanol–water partition coefficient (Wildman–Crippen LogP) is 4.43. The van der Waals surface area contributed by atoms with E-state index in [1.807, 2.05) is 0 Å². The van der Waals surface area contributed by atoms with Gasteiger partial charge in [0.05, 0.1) is 4.47 Å². The fourth-order valence-corrected chi connectivity index (χ4v) is 1.73. The molecule has 0 unspecified atom stereocenters. The van der Waals surface area contributed by atoms with Crippen molar-refractivity contribution in [3.63, 3.8) is 0 Å². The van der Waals surface area contributed by atoms with Crippen LogP contribution in [0.4, 0.5) is 4.39 Å². The van der Waals surface area contributed by atoms with E-state index in [1.165, 1.54) is 24.4 Å². The van der Waals surface area contributed by atoms with Gasteiger partial charge in [-0.3, -0.25) is 0 Å². The molecule has 0 atom stereocenters. The van der Waals surface area contributed by atoms with Gasteiger partial charge in [-0.15, -0.1) is 0 Å². The van der Waals surface area contributed by atoms with Gasteiger partial charge in [0.15, 0.2) is 0 Å². The van der Waals surface area contributed by atoms with Gasteiger partial charge >= 0.3 is 0 Å². The molecule has 0 aliphatic heterocycles. The molecule has 0 fully saturated rings. The lowest BCUT2D eigenvalue weighted by atomic mass is 10.3. The van der Waals surface area contributed by atoms with E-state index in [1.54, 1.807) is 12.1 Å². The minimum absolute atomic E-state index is 0.327. The molecular weight excluding hydrogens is 296 g/mol. The van der Waals surface area contributed by atoms with Gasteiger partial charge in [-0.05, 0) is 40.2 Å². The van der Waals surface area contributed by atoms with Gasteiger partial charge in [0.1, 0.15) is 22.5 Å². The Morgan fingerprint density at radius 2 is 2.06 bits per heavy atom. The van der Waals surface area contributed by atoms with Crippen LogP contribution in [-0.4, -0.2) is 4.98 Å². The zero-order valence-electron chi connectivity index (χ0n) is 7.95. The Kier molecular flexibility index (Phi) is 3.41. The zero-order valence-corrected chi connectivity index (χ0v) is 10.3. The summed E-state index contributed by atoms with van der Waals surface area (Å²) in [6.07, 6.45) is 1.54. The van der Waals surface area contributed by atoms with Crippen LogP contribution < -0.4 is 4.74 Å². The van der Waals surface area contributed by atoms with Crippen molar-refractivity contribution in [3.05, 3.63) is 52.0 Å². The second-order valence-electron chi connectivity index (χ2n) is 2.99. The number of ether oxygens (including phenoxy) is 1. The van der Waals surface area contributed by atoms with Crippen molar-refractivity contribution in [1.82, 2.24) is 4.98 Å². The fraction of sp³-hybridized carbons (Fsp3) is 0. The van der Waals surface area contributed by atoms with E-state index in [4.69, 9.17) is 16.3 Å². The molecule has 0 bridgehead atoms. The van der Waals surface area contributed by atoms with Gasteiger partial charge < -0.3 is 4.74 Å². The van der Waals surface area contributed by atoms with Crippen LogP contribution in [-0.2, 0) is 0 Å². The van der Waals surface area contributed by atoms with E-state index in [0.29, 0.717) is 21.1 Å². The van der Waals surface area contributed by atoms with Gasteiger partial charge in [-0.2, -0.15) is 0 Å². The van der Waals surface area contributed by atoms with Crippen LogP contribution >= 0.6 is 27.5 Å². The van der Waals surface area contributed by atoms with E-state index in [-0.39, 0.29) is 5.82 Å². The predicted molar refractivity (Wildman–Crippen MR) is 63.4 cm³/mol. The first-order chi connectivity index (χ1) is 7.65. The smallest absolute Gasteiger partial charge is 0.141 e. The molecule has 2 rings (SSSR count). The minimum Gasteiger partial charge on any atom is -0.456 e. The zero-order chi connectivity index (χ0) is 11.5. The van der Waals surface area contributed by atoms with Crippen LogP contribution in [0.25, 0.3) is 0 Å². The lowest BCUT2D eigenvalue weighted by Gasteiger charge is -2.07. The summed E-state index contributed by atoms with van der Waals surface area (Å²) in [4.78, 5) is 3.83. The third-order valence-electron chi connectivity index (χ3n) is 1.82. The molecule has 0 saturated carbocycles. The Bertz CT molecular complexity index is 521. The molecule has 0 aliphatic carbocycles. The van der Waals surface area contributed by atoms with Crippen molar-refractivity contribution < 1.29 is 9.13 Å². The maximum atomic E-state index is 12.8. The Labute approximate surface area is 105 Å². The van der Waals surface area contributed by atoms with Gasteiger partial charge in [0, 0.05) is 12.3 Å². The van der Waals surface area contributed by atoms with Crippen LogP contribution in [0.1, 0.15) is 0 Å². The van der Waals surface area contributed by atoms with Gasteiger partial charge in [0.25, 0.3) is 0 Å². The molecule has 1 aromatic carbocycles.